The van der Waals surface area contributed by atoms with Crippen molar-refractivity contribution in [3.8, 4) is 0 Å². The van der Waals surface area contributed by atoms with Crippen LogP contribution in [0, 0.1) is 16.0 Å². The highest BCUT2D eigenvalue weighted by atomic mass is 16.6. The summed E-state index contributed by atoms with van der Waals surface area (Å²) in [6.07, 6.45) is 6.90. The van der Waals surface area contributed by atoms with Gasteiger partial charge in [-0.05, 0) is 25.2 Å². The third kappa shape index (κ3) is 3.74. The molecule has 1 saturated carbocycles. The van der Waals surface area contributed by atoms with Crippen LogP contribution in [0.15, 0.2) is 0 Å². The third-order valence-electron chi connectivity index (χ3n) is 3.65. The molecule has 0 aliphatic heterocycles. The Hall–Kier alpha value is -0.640. The van der Waals surface area contributed by atoms with Crippen molar-refractivity contribution in [3.63, 3.8) is 0 Å². The van der Waals surface area contributed by atoms with Crippen molar-refractivity contribution >= 4 is 0 Å². The molecule has 94 valence electrons. The van der Waals surface area contributed by atoms with Gasteiger partial charge in [0.05, 0.1) is 0 Å². The molecule has 0 amide bonds. The summed E-state index contributed by atoms with van der Waals surface area (Å²) >= 11 is 0. The van der Waals surface area contributed by atoms with E-state index < -0.39 is 12.1 Å². The smallest absolute Gasteiger partial charge is 0.238 e. The standard InChI is InChI=1S/C12H23NO3/c1-2-3-9-11(13(15)16)12(14)10-7-5-4-6-8-10/h10-12,14H,2-9H2,1H3/t11-,12-/m0/s1. The van der Waals surface area contributed by atoms with Crippen LogP contribution < -0.4 is 0 Å². The van der Waals surface area contributed by atoms with Crippen LogP contribution in [0.4, 0.5) is 0 Å². The number of unbranched alkanes of at least 4 members (excludes halogenated alkanes) is 1. The number of hydrogen-bond acceptors (Lipinski definition) is 3. The second kappa shape index (κ2) is 6.84. The monoisotopic (exact) mass is 229 g/mol. The Kier molecular flexibility index (Phi) is 5.74. The van der Waals surface area contributed by atoms with Gasteiger partial charge in [0.1, 0.15) is 6.10 Å². The van der Waals surface area contributed by atoms with Crippen LogP contribution in [0.1, 0.15) is 58.3 Å². The van der Waals surface area contributed by atoms with Crippen LogP contribution in [0.3, 0.4) is 0 Å². The van der Waals surface area contributed by atoms with E-state index >= 15 is 0 Å². The Balaban J connectivity index is 2.50. The molecule has 1 aliphatic rings. The molecule has 0 spiro atoms. The second-order valence-electron chi connectivity index (χ2n) is 4.88. The van der Waals surface area contributed by atoms with Gasteiger partial charge in [0.25, 0.3) is 0 Å². The number of hydrogen-bond donors (Lipinski definition) is 1. The molecular weight excluding hydrogens is 206 g/mol. The fraction of sp³-hybridized carbons (Fsp3) is 1.00. The van der Waals surface area contributed by atoms with Gasteiger partial charge in [-0.15, -0.1) is 0 Å². The predicted molar refractivity (Wildman–Crippen MR) is 62.9 cm³/mol. The topological polar surface area (TPSA) is 63.4 Å². The Morgan fingerprint density at radius 3 is 2.50 bits per heavy atom. The van der Waals surface area contributed by atoms with E-state index in [0.717, 1.165) is 38.5 Å². The first kappa shape index (κ1) is 13.4. The molecule has 2 atom stereocenters. The predicted octanol–water partition coefficient (Wildman–Crippen LogP) is 2.76. The highest BCUT2D eigenvalue weighted by Crippen LogP contribution is 2.29. The highest BCUT2D eigenvalue weighted by molar-refractivity contribution is 4.79. The number of aliphatic hydroxyl groups is 1. The molecule has 0 aromatic rings. The van der Waals surface area contributed by atoms with Gasteiger partial charge < -0.3 is 5.11 Å². The fourth-order valence-corrected chi connectivity index (χ4v) is 2.60. The van der Waals surface area contributed by atoms with E-state index in [2.05, 4.69) is 0 Å². The summed E-state index contributed by atoms with van der Waals surface area (Å²) in [5.74, 6) is 0.154. The zero-order chi connectivity index (χ0) is 12.0. The molecule has 16 heavy (non-hydrogen) atoms. The average Bonchev–Trinajstić information content (AvgIpc) is 2.30. The molecule has 0 saturated heterocycles. The first-order valence-corrected chi connectivity index (χ1v) is 6.48. The van der Waals surface area contributed by atoms with Crippen molar-refractivity contribution in [2.75, 3.05) is 0 Å². The summed E-state index contributed by atoms with van der Waals surface area (Å²) in [5, 5.41) is 21.0. The first-order valence-electron chi connectivity index (χ1n) is 6.48. The van der Waals surface area contributed by atoms with Gasteiger partial charge >= 0.3 is 0 Å². The molecular formula is C12H23NO3. The SMILES string of the molecule is CCCC[C@@H]([C@@H](O)C1CCCCC1)[N+](=O)[O-]. The van der Waals surface area contributed by atoms with E-state index in [0.29, 0.717) is 6.42 Å². The average molecular weight is 229 g/mol. The quantitative estimate of drug-likeness (QED) is 0.562. The van der Waals surface area contributed by atoms with E-state index in [-0.39, 0.29) is 10.8 Å². The van der Waals surface area contributed by atoms with Crippen LogP contribution in [0.2, 0.25) is 0 Å². The van der Waals surface area contributed by atoms with Gasteiger partial charge in [0, 0.05) is 11.3 Å². The van der Waals surface area contributed by atoms with Gasteiger partial charge in [-0.1, -0.05) is 32.6 Å². The summed E-state index contributed by atoms with van der Waals surface area (Å²) in [4.78, 5) is 10.7. The maximum atomic E-state index is 10.9. The molecule has 0 unspecified atom stereocenters. The Labute approximate surface area is 97.2 Å². The van der Waals surface area contributed by atoms with Gasteiger partial charge in [0.15, 0.2) is 0 Å². The number of rotatable bonds is 6. The first-order chi connectivity index (χ1) is 7.66. The van der Waals surface area contributed by atoms with Crippen molar-refractivity contribution in [2.45, 2.75) is 70.4 Å². The highest BCUT2D eigenvalue weighted by Gasteiger charge is 2.35. The number of nitro groups is 1. The second-order valence-corrected chi connectivity index (χ2v) is 4.88. The van der Waals surface area contributed by atoms with Crippen LogP contribution in [-0.4, -0.2) is 22.2 Å². The summed E-state index contributed by atoms with van der Waals surface area (Å²) in [6, 6.07) is -0.747. The molecule has 1 rings (SSSR count). The minimum absolute atomic E-state index is 0.154. The molecule has 1 N–H and O–H groups in total. The lowest BCUT2D eigenvalue weighted by molar-refractivity contribution is -0.537. The third-order valence-corrected chi connectivity index (χ3v) is 3.65. The number of aliphatic hydroxyl groups excluding tert-OH is 1. The zero-order valence-electron chi connectivity index (χ0n) is 10.1. The van der Waals surface area contributed by atoms with E-state index in [1.54, 1.807) is 0 Å². The van der Waals surface area contributed by atoms with Crippen molar-refractivity contribution in [1.29, 1.82) is 0 Å². The summed E-state index contributed by atoms with van der Waals surface area (Å²) in [5.41, 5.74) is 0. The minimum atomic E-state index is -0.747. The van der Waals surface area contributed by atoms with Gasteiger partial charge in [0.2, 0.25) is 6.04 Å². The number of nitrogens with zero attached hydrogens (tertiary/aromatic N) is 1. The Morgan fingerprint density at radius 2 is 2.00 bits per heavy atom. The van der Waals surface area contributed by atoms with E-state index in [4.69, 9.17) is 0 Å². The molecule has 0 bridgehead atoms. The molecule has 1 fully saturated rings. The van der Waals surface area contributed by atoms with Gasteiger partial charge in [-0.25, -0.2) is 0 Å². The molecule has 0 radical (unpaired) electrons. The van der Waals surface area contributed by atoms with Gasteiger partial charge in [-0.3, -0.25) is 10.1 Å². The van der Waals surface area contributed by atoms with Crippen molar-refractivity contribution in [3.05, 3.63) is 10.1 Å². The van der Waals surface area contributed by atoms with E-state index in [9.17, 15) is 15.2 Å². The van der Waals surface area contributed by atoms with Crippen molar-refractivity contribution in [2.24, 2.45) is 5.92 Å². The molecule has 4 heteroatoms. The lowest BCUT2D eigenvalue weighted by Crippen LogP contribution is -2.39. The summed E-state index contributed by atoms with van der Waals surface area (Å²) < 4.78 is 0. The minimum Gasteiger partial charge on any atom is -0.386 e. The molecule has 0 aromatic carbocycles. The normalized spacial score (nSPS) is 21.6. The fourth-order valence-electron chi connectivity index (χ4n) is 2.60. The van der Waals surface area contributed by atoms with Crippen LogP contribution >= 0.6 is 0 Å². The largest absolute Gasteiger partial charge is 0.386 e. The molecule has 1 aliphatic carbocycles. The van der Waals surface area contributed by atoms with E-state index in [1.165, 1.54) is 6.42 Å². The van der Waals surface area contributed by atoms with Gasteiger partial charge in [-0.2, -0.15) is 0 Å². The van der Waals surface area contributed by atoms with E-state index in [1.807, 2.05) is 6.92 Å². The zero-order valence-corrected chi connectivity index (χ0v) is 10.1. The molecule has 4 nitrogen and oxygen atoms in total. The summed E-state index contributed by atoms with van der Waals surface area (Å²) in [7, 11) is 0. The maximum absolute atomic E-state index is 10.9. The molecule has 0 aromatic heterocycles. The lowest BCUT2D eigenvalue weighted by atomic mass is 9.82. The maximum Gasteiger partial charge on any atom is 0.238 e. The van der Waals surface area contributed by atoms with Crippen LogP contribution in [0.25, 0.3) is 0 Å². The van der Waals surface area contributed by atoms with Crippen LogP contribution in [0.5, 0.6) is 0 Å². The Bertz CT molecular complexity index is 214. The van der Waals surface area contributed by atoms with Crippen molar-refractivity contribution < 1.29 is 10.0 Å². The molecule has 0 heterocycles. The Morgan fingerprint density at radius 1 is 1.38 bits per heavy atom. The van der Waals surface area contributed by atoms with Crippen LogP contribution in [-0.2, 0) is 0 Å². The van der Waals surface area contributed by atoms with Crippen molar-refractivity contribution in [1.82, 2.24) is 0 Å². The summed E-state index contributed by atoms with van der Waals surface area (Å²) in [6.45, 7) is 2.02. The lowest BCUT2D eigenvalue weighted by Gasteiger charge is -2.28.